The molecule has 0 spiro atoms. The van der Waals surface area contributed by atoms with Crippen LogP contribution in [-0.2, 0) is 14.3 Å². The van der Waals surface area contributed by atoms with Crippen molar-refractivity contribution in [1.29, 1.82) is 0 Å². The lowest BCUT2D eigenvalue weighted by Crippen LogP contribution is -2.51. The van der Waals surface area contributed by atoms with Crippen molar-refractivity contribution in [2.45, 2.75) is 65.2 Å². The highest BCUT2D eigenvalue weighted by Gasteiger charge is 2.59. The van der Waals surface area contributed by atoms with E-state index < -0.39 is 6.17 Å². The van der Waals surface area contributed by atoms with Crippen LogP contribution in [0.4, 0.5) is 4.39 Å². The Labute approximate surface area is 148 Å². The summed E-state index contributed by atoms with van der Waals surface area (Å²) < 4.78 is 19.9. The van der Waals surface area contributed by atoms with Gasteiger partial charge < -0.3 is 4.74 Å². The van der Waals surface area contributed by atoms with Gasteiger partial charge in [0.05, 0.1) is 0 Å². The number of carbonyl (C=O) groups excluding carboxylic acids is 2. The van der Waals surface area contributed by atoms with Crippen LogP contribution < -0.4 is 0 Å². The molecule has 0 bridgehead atoms. The molecule has 0 aromatic heterocycles. The van der Waals surface area contributed by atoms with E-state index in [0.29, 0.717) is 24.2 Å². The fraction of sp³-hybridized carbons (Fsp3) is 0.714. The molecule has 0 radical (unpaired) electrons. The number of halogens is 1. The predicted octanol–water partition coefficient (Wildman–Crippen LogP) is 4.17. The van der Waals surface area contributed by atoms with E-state index in [1.165, 1.54) is 13.0 Å². The number of ketones is 1. The minimum atomic E-state index is -1.37. The minimum Gasteiger partial charge on any atom is -0.462 e. The molecule has 4 aliphatic carbocycles. The Morgan fingerprint density at radius 3 is 2.72 bits per heavy atom. The highest BCUT2D eigenvalue weighted by atomic mass is 19.1. The van der Waals surface area contributed by atoms with Crippen LogP contribution in [0.5, 0.6) is 0 Å². The van der Waals surface area contributed by atoms with Crippen LogP contribution in [0, 0.1) is 28.6 Å². The van der Waals surface area contributed by atoms with E-state index >= 15 is 0 Å². The maximum Gasteiger partial charge on any atom is 0.302 e. The SMILES string of the molecule is CC(=O)OC1CC[C@H]2[C@@H]3C=CC4=CC(=O)C(F)C[C@]4(C)[C@H]3CC[C@]12C. The van der Waals surface area contributed by atoms with Crippen LogP contribution in [0.25, 0.3) is 0 Å². The molecule has 7 atom stereocenters. The van der Waals surface area contributed by atoms with Crippen LogP contribution in [0.3, 0.4) is 0 Å². The number of hydrogen-bond acceptors (Lipinski definition) is 3. The topological polar surface area (TPSA) is 43.4 Å². The molecule has 25 heavy (non-hydrogen) atoms. The number of rotatable bonds is 1. The third-order valence-corrected chi connectivity index (χ3v) is 7.74. The van der Waals surface area contributed by atoms with Gasteiger partial charge in [0.2, 0.25) is 0 Å². The second-order valence-corrected chi connectivity index (χ2v) is 8.96. The van der Waals surface area contributed by atoms with Gasteiger partial charge in [0, 0.05) is 12.3 Å². The Balaban J connectivity index is 1.68. The number of hydrogen-bond donors (Lipinski definition) is 0. The summed E-state index contributed by atoms with van der Waals surface area (Å²) in [5, 5.41) is 0. The van der Waals surface area contributed by atoms with E-state index in [1.54, 1.807) is 0 Å². The van der Waals surface area contributed by atoms with Crippen LogP contribution >= 0.6 is 0 Å². The first-order chi connectivity index (χ1) is 11.8. The van der Waals surface area contributed by atoms with Crippen molar-refractivity contribution < 1.29 is 18.7 Å². The third kappa shape index (κ3) is 2.36. The van der Waals surface area contributed by atoms with Gasteiger partial charge >= 0.3 is 5.97 Å². The van der Waals surface area contributed by atoms with Crippen molar-refractivity contribution >= 4 is 11.8 Å². The summed E-state index contributed by atoms with van der Waals surface area (Å²) in [6.45, 7) is 5.89. The molecule has 4 heteroatoms. The first-order valence-corrected chi connectivity index (χ1v) is 9.51. The number of allylic oxidation sites excluding steroid dienone is 4. The largest absolute Gasteiger partial charge is 0.462 e. The maximum atomic E-state index is 14.2. The molecule has 4 rings (SSSR count). The van der Waals surface area contributed by atoms with Crippen molar-refractivity contribution in [1.82, 2.24) is 0 Å². The van der Waals surface area contributed by atoms with Crippen LogP contribution in [0.2, 0.25) is 0 Å². The molecule has 3 nitrogen and oxygen atoms in total. The van der Waals surface area contributed by atoms with Crippen LogP contribution in [-0.4, -0.2) is 24.0 Å². The summed E-state index contributed by atoms with van der Waals surface area (Å²) in [7, 11) is 0. The van der Waals surface area contributed by atoms with E-state index in [-0.39, 0.29) is 28.7 Å². The zero-order valence-electron chi connectivity index (χ0n) is 15.3. The second kappa shape index (κ2) is 5.52. The Morgan fingerprint density at radius 2 is 2.00 bits per heavy atom. The summed E-state index contributed by atoms with van der Waals surface area (Å²) in [6, 6.07) is 0. The van der Waals surface area contributed by atoms with Crippen molar-refractivity contribution in [2.75, 3.05) is 0 Å². The summed E-state index contributed by atoms with van der Waals surface area (Å²) in [5.41, 5.74) is 0.757. The fourth-order valence-corrected chi connectivity index (χ4v) is 6.37. The summed E-state index contributed by atoms with van der Waals surface area (Å²) >= 11 is 0. The quantitative estimate of drug-likeness (QED) is 0.669. The minimum absolute atomic E-state index is 0.00375. The molecule has 0 aromatic carbocycles. The molecule has 0 amide bonds. The first-order valence-electron chi connectivity index (χ1n) is 9.51. The molecule has 0 saturated heterocycles. The van der Waals surface area contributed by atoms with Gasteiger partial charge in [-0.3, -0.25) is 9.59 Å². The molecular formula is C21H27FO3. The Kier molecular flexibility index (Phi) is 3.75. The van der Waals surface area contributed by atoms with Crippen LogP contribution in [0.15, 0.2) is 23.8 Å². The second-order valence-electron chi connectivity index (χ2n) is 8.96. The molecule has 4 aliphatic rings. The number of alkyl halides is 1. The highest BCUT2D eigenvalue weighted by molar-refractivity contribution is 5.96. The van der Waals surface area contributed by atoms with Gasteiger partial charge in [0.15, 0.2) is 12.0 Å². The molecule has 2 saturated carbocycles. The smallest absolute Gasteiger partial charge is 0.302 e. The lowest BCUT2D eigenvalue weighted by Gasteiger charge is -2.55. The van der Waals surface area contributed by atoms with Crippen molar-refractivity contribution in [3.8, 4) is 0 Å². The molecular weight excluding hydrogens is 319 g/mol. The molecule has 2 fully saturated rings. The van der Waals surface area contributed by atoms with Crippen molar-refractivity contribution in [3.05, 3.63) is 23.8 Å². The van der Waals surface area contributed by atoms with E-state index in [0.717, 1.165) is 31.3 Å². The average Bonchev–Trinajstić information content (AvgIpc) is 2.85. The first kappa shape index (κ1) is 17.0. The summed E-state index contributed by atoms with van der Waals surface area (Å²) in [6.07, 6.45) is 8.74. The fourth-order valence-electron chi connectivity index (χ4n) is 6.37. The molecule has 0 heterocycles. The molecule has 136 valence electrons. The highest BCUT2D eigenvalue weighted by Crippen LogP contribution is 2.64. The van der Waals surface area contributed by atoms with Gasteiger partial charge in [0.1, 0.15) is 6.10 Å². The summed E-state index contributed by atoms with van der Waals surface area (Å²) in [5.74, 6) is 0.621. The maximum absolute atomic E-state index is 14.2. The Bertz CT molecular complexity index is 681. The van der Waals surface area contributed by atoms with Gasteiger partial charge in [-0.15, -0.1) is 0 Å². The zero-order valence-corrected chi connectivity index (χ0v) is 15.3. The average molecular weight is 346 g/mol. The van der Waals surface area contributed by atoms with E-state index in [4.69, 9.17) is 4.74 Å². The predicted molar refractivity (Wildman–Crippen MR) is 92.4 cm³/mol. The number of esters is 1. The van der Waals surface area contributed by atoms with E-state index in [2.05, 4.69) is 26.0 Å². The zero-order chi connectivity index (χ0) is 18.0. The standard InChI is InChI=1S/C21H27FO3/c1-12(23)25-19-7-6-15-14-5-4-13-10-18(24)17(22)11-21(13,3)16(14)8-9-20(15,19)2/h4-5,10,14-17,19H,6-9,11H2,1-3H3/t14-,15-,16-,17?,19?,20-,21-/m0/s1. The Morgan fingerprint density at radius 1 is 1.24 bits per heavy atom. The molecule has 0 aliphatic heterocycles. The van der Waals surface area contributed by atoms with Gasteiger partial charge in [-0.25, -0.2) is 4.39 Å². The van der Waals surface area contributed by atoms with E-state index in [1.807, 2.05) is 0 Å². The number of carbonyl (C=O) groups is 2. The number of fused-ring (bicyclic) bond motifs is 5. The molecule has 0 N–H and O–H groups in total. The monoisotopic (exact) mass is 346 g/mol. The van der Waals surface area contributed by atoms with Gasteiger partial charge in [0.25, 0.3) is 0 Å². The normalized spacial score (nSPS) is 48.2. The molecule has 0 aromatic rings. The third-order valence-electron chi connectivity index (χ3n) is 7.74. The van der Waals surface area contributed by atoms with Gasteiger partial charge in [-0.1, -0.05) is 26.0 Å². The van der Waals surface area contributed by atoms with Crippen LogP contribution in [0.1, 0.15) is 52.9 Å². The lowest BCUT2D eigenvalue weighted by atomic mass is 9.49. The molecule has 2 unspecified atom stereocenters. The van der Waals surface area contributed by atoms with Gasteiger partial charge in [-0.05, 0) is 66.9 Å². The van der Waals surface area contributed by atoms with Crippen molar-refractivity contribution in [3.63, 3.8) is 0 Å². The van der Waals surface area contributed by atoms with Crippen molar-refractivity contribution in [2.24, 2.45) is 28.6 Å². The number of ether oxygens (including phenoxy) is 1. The Hall–Kier alpha value is -1.45. The summed E-state index contributed by atoms with van der Waals surface area (Å²) in [4.78, 5) is 23.3. The van der Waals surface area contributed by atoms with Gasteiger partial charge in [-0.2, -0.15) is 0 Å². The van der Waals surface area contributed by atoms with E-state index in [9.17, 15) is 14.0 Å². The lowest BCUT2D eigenvalue weighted by molar-refractivity contribution is -0.155.